The maximum absolute atomic E-state index is 12.5. The van der Waals surface area contributed by atoms with Crippen molar-refractivity contribution >= 4 is 28.9 Å². The Morgan fingerprint density at radius 2 is 1.64 bits per heavy atom. The van der Waals surface area contributed by atoms with Crippen LogP contribution in [-0.2, 0) is 4.79 Å². The summed E-state index contributed by atoms with van der Waals surface area (Å²) in [5, 5.41) is 6.69. The Labute approximate surface area is 153 Å². The zero-order valence-corrected chi connectivity index (χ0v) is 15.8. The van der Waals surface area contributed by atoms with Crippen molar-refractivity contribution in [2.24, 2.45) is 0 Å². The smallest absolute Gasteiger partial charge is 0.246 e. The summed E-state index contributed by atoms with van der Waals surface area (Å²) in [6.07, 6.45) is 0. The van der Waals surface area contributed by atoms with Crippen LogP contribution < -0.4 is 20.1 Å². The molecule has 0 aliphatic rings. The summed E-state index contributed by atoms with van der Waals surface area (Å²) in [5.74, 6) is 1.10. The molecule has 2 aromatic carbocycles. The molecule has 0 aliphatic carbocycles. The standard InChI is InChI=1S/C19H23ClN2O3/c1-11-6-7-14(20)9-15(11)22-19(23)13(3)21-16-10-18(25-5)17(24-4)8-12(16)2/h6-10,13,21H,1-5H3,(H,22,23). The number of amides is 1. The minimum absolute atomic E-state index is 0.153. The van der Waals surface area contributed by atoms with Gasteiger partial charge in [-0.3, -0.25) is 4.79 Å². The molecule has 6 heteroatoms. The highest BCUT2D eigenvalue weighted by Crippen LogP contribution is 2.33. The van der Waals surface area contributed by atoms with Crippen LogP contribution in [0.5, 0.6) is 11.5 Å². The lowest BCUT2D eigenvalue weighted by atomic mass is 10.1. The molecule has 2 rings (SSSR count). The number of rotatable bonds is 6. The van der Waals surface area contributed by atoms with E-state index < -0.39 is 6.04 Å². The molecule has 0 saturated carbocycles. The van der Waals surface area contributed by atoms with Gasteiger partial charge in [-0.05, 0) is 50.1 Å². The Hall–Kier alpha value is -2.40. The Bertz CT molecular complexity index is 778. The topological polar surface area (TPSA) is 59.6 Å². The van der Waals surface area contributed by atoms with E-state index in [0.717, 1.165) is 16.8 Å². The summed E-state index contributed by atoms with van der Waals surface area (Å²) >= 11 is 6.00. The van der Waals surface area contributed by atoms with E-state index in [0.29, 0.717) is 22.2 Å². The Balaban J connectivity index is 2.14. The van der Waals surface area contributed by atoms with Crippen molar-refractivity contribution in [3.8, 4) is 11.5 Å². The molecule has 1 atom stereocenters. The highest BCUT2D eigenvalue weighted by Gasteiger charge is 2.16. The minimum atomic E-state index is -0.449. The molecule has 1 unspecified atom stereocenters. The number of anilines is 2. The van der Waals surface area contributed by atoms with Crippen molar-refractivity contribution in [3.63, 3.8) is 0 Å². The van der Waals surface area contributed by atoms with E-state index in [9.17, 15) is 4.79 Å². The van der Waals surface area contributed by atoms with E-state index in [4.69, 9.17) is 21.1 Å². The van der Waals surface area contributed by atoms with Crippen LogP contribution in [0.4, 0.5) is 11.4 Å². The molecule has 2 N–H and O–H groups in total. The first-order chi connectivity index (χ1) is 11.8. The van der Waals surface area contributed by atoms with Gasteiger partial charge in [0.1, 0.15) is 6.04 Å². The predicted octanol–water partition coefficient (Wildman–Crippen LogP) is 4.41. The number of benzene rings is 2. The third-order valence-electron chi connectivity index (χ3n) is 3.95. The third-order valence-corrected chi connectivity index (χ3v) is 4.19. The number of nitrogens with one attached hydrogen (secondary N) is 2. The first-order valence-corrected chi connectivity index (χ1v) is 8.29. The molecule has 0 fully saturated rings. The van der Waals surface area contributed by atoms with E-state index in [2.05, 4.69) is 10.6 Å². The van der Waals surface area contributed by atoms with Crippen LogP contribution in [0.15, 0.2) is 30.3 Å². The fourth-order valence-electron chi connectivity index (χ4n) is 2.40. The number of carbonyl (C=O) groups is 1. The van der Waals surface area contributed by atoms with Crippen molar-refractivity contribution in [2.45, 2.75) is 26.8 Å². The van der Waals surface area contributed by atoms with Crippen LogP contribution in [0.2, 0.25) is 5.02 Å². The maximum atomic E-state index is 12.5. The van der Waals surface area contributed by atoms with Crippen molar-refractivity contribution < 1.29 is 14.3 Å². The van der Waals surface area contributed by atoms with Crippen LogP contribution in [-0.4, -0.2) is 26.2 Å². The van der Waals surface area contributed by atoms with E-state index in [1.165, 1.54) is 0 Å². The van der Waals surface area contributed by atoms with Crippen molar-refractivity contribution in [1.82, 2.24) is 0 Å². The largest absolute Gasteiger partial charge is 0.493 e. The second-order valence-electron chi connectivity index (χ2n) is 5.84. The zero-order chi connectivity index (χ0) is 18.6. The second-order valence-corrected chi connectivity index (χ2v) is 6.27. The Morgan fingerprint density at radius 3 is 2.28 bits per heavy atom. The van der Waals surface area contributed by atoms with Crippen molar-refractivity contribution in [3.05, 3.63) is 46.5 Å². The predicted molar refractivity (Wildman–Crippen MR) is 102 cm³/mol. The normalized spacial score (nSPS) is 11.6. The van der Waals surface area contributed by atoms with Crippen LogP contribution in [0.1, 0.15) is 18.1 Å². The summed E-state index contributed by atoms with van der Waals surface area (Å²) in [6, 6.07) is 8.64. The quantitative estimate of drug-likeness (QED) is 0.798. The Kier molecular flexibility index (Phi) is 6.15. The molecule has 5 nitrogen and oxygen atoms in total. The number of methoxy groups -OCH3 is 2. The van der Waals surface area contributed by atoms with Gasteiger partial charge in [0.2, 0.25) is 5.91 Å². The van der Waals surface area contributed by atoms with Gasteiger partial charge in [-0.15, -0.1) is 0 Å². The van der Waals surface area contributed by atoms with Crippen LogP contribution in [0, 0.1) is 13.8 Å². The van der Waals surface area contributed by atoms with Gasteiger partial charge >= 0.3 is 0 Å². The van der Waals surface area contributed by atoms with Crippen molar-refractivity contribution in [2.75, 3.05) is 24.9 Å². The molecule has 1 amide bonds. The van der Waals surface area contributed by atoms with Gasteiger partial charge in [-0.2, -0.15) is 0 Å². The number of ether oxygens (including phenoxy) is 2. The average Bonchev–Trinajstić information content (AvgIpc) is 2.59. The van der Waals surface area contributed by atoms with Gasteiger partial charge in [0.05, 0.1) is 14.2 Å². The van der Waals surface area contributed by atoms with Gasteiger partial charge < -0.3 is 20.1 Å². The number of hydrogen-bond acceptors (Lipinski definition) is 4. The summed E-state index contributed by atoms with van der Waals surface area (Å²) < 4.78 is 10.6. The summed E-state index contributed by atoms with van der Waals surface area (Å²) in [6.45, 7) is 5.66. The van der Waals surface area contributed by atoms with Crippen molar-refractivity contribution in [1.29, 1.82) is 0 Å². The molecular weight excluding hydrogens is 340 g/mol. The minimum Gasteiger partial charge on any atom is -0.493 e. The summed E-state index contributed by atoms with van der Waals surface area (Å²) in [7, 11) is 3.17. The molecule has 0 aromatic heterocycles. The zero-order valence-electron chi connectivity index (χ0n) is 15.1. The van der Waals surface area contributed by atoms with E-state index in [1.807, 2.05) is 32.0 Å². The van der Waals surface area contributed by atoms with Crippen LogP contribution in [0.3, 0.4) is 0 Å². The fraction of sp³-hybridized carbons (Fsp3) is 0.316. The third kappa shape index (κ3) is 4.57. The number of carbonyl (C=O) groups excluding carboxylic acids is 1. The first kappa shape index (κ1) is 18.9. The van der Waals surface area contributed by atoms with Gasteiger partial charge in [0, 0.05) is 22.5 Å². The number of aryl methyl sites for hydroxylation is 2. The summed E-state index contributed by atoms with van der Waals surface area (Å²) in [4.78, 5) is 12.5. The SMILES string of the molecule is COc1cc(C)c(NC(C)C(=O)Nc2cc(Cl)ccc2C)cc1OC. The molecule has 0 radical (unpaired) electrons. The lowest BCUT2D eigenvalue weighted by Gasteiger charge is -2.19. The van der Waals surface area contributed by atoms with E-state index in [-0.39, 0.29) is 5.91 Å². The highest BCUT2D eigenvalue weighted by atomic mass is 35.5. The molecule has 0 heterocycles. The van der Waals surface area contributed by atoms with Gasteiger partial charge in [-0.1, -0.05) is 17.7 Å². The van der Waals surface area contributed by atoms with Crippen LogP contribution >= 0.6 is 11.6 Å². The van der Waals surface area contributed by atoms with E-state index >= 15 is 0 Å². The molecule has 25 heavy (non-hydrogen) atoms. The van der Waals surface area contributed by atoms with Gasteiger partial charge in [-0.25, -0.2) is 0 Å². The van der Waals surface area contributed by atoms with Gasteiger partial charge in [0.15, 0.2) is 11.5 Å². The lowest BCUT2D eigenvalue weighted by Crippen LogP contribution is -2.32. The molecule has 134 valence electrons. The molecule has 0 aliphatic heterocycles. The number of halogens is 1. The molecule has 0 spiro atoms. The first-order valence-electron chi connectivity index (χ1n) is 7.92. The number of hydrogen-bond donors (Lipinski definition) is 2. The second kappa shape index (κ2) is 8.12. The Morgan fingerprint density at radius 1 is 1.00 bits per heavy atom. The lowest BCUT2D eigenvalue weighted by molar-refractivity contribution is -0.116. The molecule has 0 bridgehead atoms. The maximum Gasteiger partial charge on any atom is 0.246 e. The monoisotopic (exact) mass is 362 g/mol. The van der Waals surface area contributed by atoms with Crippen LogP contribution in [0.25, 0.3) is 0 Å². The van der Waals surface area contributed by atoms with Gasteiger partial charge in [0.25, 0.3) is 0 Å². The molecular formula is C19H23ClN2O3. The summed E-state index contributed by atoms with van der Waals surface area (Å²) in [5.41, 5.74) is 3.42. The average molecular weight is 363 g/mol. The molecule has 0 saturated heterocycles. The van der Waals surface area contributed by atoms with E-state index in [1.54, 1.807) is 33.3 Å². The molecule has 2 aromatic rings. The fourth-order valence-corrected chi connectivity index (χ4v) is 2.58. The highest BCUT2D eigenvalue weighted by molar-refractivity contribution is 6.31.